The Morgan fingerprint density at radius 1 is 1.24 bits per heavy atom. The summed E-state index contributed by atoms with van der Waals surface area (Å²) in [5.41, 5.74) is 2.01. The number of hydrogen-bond donors (Lipinski definition) is 1. The Kier molecular flexibility index (Phi) is 5.46. The van der Waals surface area contributed by atoms with Crippen LogP contribution in [0.3, 0.4) is 0 Å². The smallest absolute Gasteiger partial charge is 0.166 e. The van der Waals surface area contributed by atoms with Crippen LogP contribution in [0.15, 0.2) is 53.2 Å². The molecule has 2 rings (SSSR count). The Morgan fingerprint density at radius 2 is 2.10 bits per heavy atom. The van der Waals surface area contributed by atoms with E-state index in [-0.39, 0.29) is 0 Å². The molecule has 0 spiro atoms. The molecule has 0 aliphatic rings. The Bertz CT molecular complexity index is 576. The van der Waals surface area contributed by atoms with Crippen molar-refractivity contribution in [2.45, 2.75) is 20.0 Å². The fraction of sp³-hybridized carbons (Fsp3) is 0.294. The highest BCUT2D eigenvalue weighted by Crippen LogP contribution is 2.31. The van der Waals surface area contributed by atoms with Crippen LogP contribution >= 0.6 is 0 Å². The first-order valence-electron chi connectivity index (χ1n) is 6.87. The molecule has 0 bridgehead atoms. The van der Waals surface area contributed by atoms with Gasteiger partial charge >= 0.3 is 0 Å². The van der Waals surface area contributed by atoms with Crippen LogP contribution in [0.25, 0.3) is 0 Å². The number of furan rings is 1. The van der Waals surface area contributed by atoms with Crippen molar-refractivity contribution in [1.82, 2.24) is 5.32 Å². The van der Waals surface area contributed by atoms with Gasteiger partial charge in [-0.05, 0) is 30.7 Å². The second kappa shape index (κ2) is 7.55. The molecular formula is C17H21NO3. The maximum absolute atomic E-state index is 5.82. The Balaban J connectivity index is 2.04. The lowest BCUT2D eigenvalue weighted by Gasteiger charge is -2.15. The zero-order valence-corrected chi connectivity index (χ0v) is 12.5. The van der Waals surface area contributed by atoms with Gasteiger partial charge < -0.3 is 19.2 Å². The molecule has 1 aromatic heterocycles. The van der Waals surface area contributed by atoms with E-state index in [1.165, 1.54) is 0 Å². The van der Waals surface area contributed by atoms with Crippen LogP contribution in [-0.4, -0.2) is 13.7 Å². The van der Waals surface area contributed by atoms with Gasteiger partial charge in [-0.1, -0.05) is 18.7 Å². The summed E-state index contributed by atoms with van der Waals surface area (Å²) in [5.74, 6) is 2.39. The van der Waals surface area contributed by atoms with Crippen LogP contribution in [0.2, 0.25) is 0 Å². The molecule has 4 heteroatoms. The molecule has 0 fully saturated rings. The lowest BCUT2D eigenvalue weighted by atomic mass is 10.2. The first-order chi connectivity index (χ1) is 10.2. The summed E-state index contributed by atoms with van der Waals surface area (Å²) in [6.45, 7) is 7.61. The van der Waals surface area contributed by atoms with Crippen molar-refractivity contribution in [3.8, 4) is 11.5 Å². The van der Waals surface area contributed by atoms with E-state index in [0.717, 1.165) is 28.4 Å². The fourth-order valence-corrected chi connectivity index (χ4v) is 1.95. The molecule has 4 nitrogen and oxygen atoms in total. The van der Waals surface area contributed by atoms with E-state index >= 15 is 0 Å². The molecule has 0 saturated carbocycles. The maximum atomic E-state index is 5.82. The Labute approximate surface area is 125 Å². The van der Waals surface area contributed by atoms with Crippen molar-refractivity contribution < 1.29 is 13.9 Å². The van der Waals surface area contributed by atoms with Crippen molar-refractivity contribution in [2.75, 3.05) is 13.7 Å². The van der Waals surface area contributed by atoms with Gasteiger partial charge in [-0.25, -0.2) is 0 Å². The molecule has 0 radical (unpaired) electrons. The topological polar surface area (TPSA) is 43.6 Å². The van der Waals surface area contributed by atoms with Gasteiger partial charge in [-0.15, -0.1) is 0 Å². The summed E-state index contributed by atoms with van der Waals surface area (Å²) >= 11 is 0. The Hall–Kier alpha value is -2.20. The summed E-state index contributed by atoms with van der Waals surface area (Å²) in [6.07, 6.45) is 1.67. The highest BCUT2D eigenvalue weighted by Gasteiger charge is 2.10. The second-order valence-electron chi connectivity index (χ2n) is 4.88. The predicted octanol–water partition coefficient (Wildman–Crippen LogP) is 3.53. The minimum atomic E-state index is 0.478. The zero-order chi connectivity index (χ0) is 15.1. The van der Waals surface area contributed by atoms with E-state index in [9.17, 15) is 0 Å². The van der Waals surface area contributed by atoms with Crippen molar-refractivity contribution in [1.29, 1.82) is 0 Å². The molecule has 1 N–H and O–H groups in total. The Morgan fingerprint density at radius 3 is 2.76 bits per heavy atom. The average molecular weight is 287 g/mol. The van der Waals surface area contributed by atoms with Crippen molar-refractivity contribution in [3.63, 3.8) is 0 Å². The minimum Gasteiger partial charge on any atom is -0.493 e. The molecule has 21 heavy (non-hydrogen) atoms. The third-order valence-corrected chi connectivity index (χ3v) is 2.94. The summed E-state index contributed by atoms with van der Waals surface area (Å²) < 4.78 is 16.5. The number of hydrogen-bond acceptors (Lipinski definition) is 4. The second-order valence-corrected chi connectivity index (χ2v) is 4.88. The molecule has 1 heterocycles. The molecule has 0 saturated heterocycles. The highest BCUT2D eigenvalue weighted by molar-refractivity contribution is 5.46. The van der Waals surface area contributed by atoms with Crippen LogP contribution in [0, 0.1) is 0 Å². The van der Waals surface area contributed by atoms with Crippen LogP contribution < -0.4 is 14.8 Å². The van der Waals surface area contributed by atoms with E-state index in [4.69, 9.17) is 13.9 Å². The first kappa shape index (κ1) is 15.2. The number of ether oxygens (including phenoxy) is 2. The molecule has 112 valence electrons. The van der Waals surface area contributed by atoms with E-state index in [0.29, 0.717) is 19.7 Å². The number of benzene rings is 1. The quantitative estimate of drug-likeness (QED) is 0.754. The number of methoxy groups -OCH3 is 1. The van der Waals surface area contributed by atoms with Crippen molar-refractivity contribution in [3.05, 3.63) is 60.1 Å². The summed E-state index contributed by atoms with van der Waals surface area (Å²) in [7, 11) is 1.64. The number of para-hydroxylation sites is 1. The lowest BCUT2D eigenvalue weighted by molar-refractivity contribution is 0.315. The SMILES string of the molecule is C=C(C)COc1c(CNCc2ccco2)cccc1OC. The normalized spacial score (nSPS) is 10.4. The molecule has 1 aromatic carbocycles. The van der Waals surface area contributed by atoms with Gasteiger partial charge in [0, 0.05) is 12.1 Å². The van der Waals surface area contributed by atoms with Crippen molar-refractivity contribution in [2.24, 2.45) is 0 Å². The lowest BCUT2D eigenvalue weighted by Crippen LogP contribution is -2.14. The van der Waals surface area contributed by atoms with E-state index < -0.39 is 0 Å². The molecule has 0 aliphatic carbocycles. The van der Waals surface area contributed by atoms with Gasteiger partial charge in [0.05, 0.1) is 19.9 Å². The minimum absolute atomic E-state index is 0.478. The van der Waals surface area contributed by atoms with Crippen LogP contribution in [0.4, 0.5) is 0 Å². The summed E-state index contributed by atoms with van der Waals surface area (Å²) in [5, 5.41) is 3.33. The van der Waals surface area contributed by atoms with Crippen LogP contribution in [-0.2, 0) is 13.1 Å². The fourth-order valence-electron chi connectivity index (χ4n) is 1.95. The van der Waals surface area contributed by atoms with Gasteiger partial charge in [0.25, 0.3) is 0 Å². The molecule has 0 unspecified atom stereocenters. The highest BCUT2D eigenvalue weighted by atomic mass is 16.5. The standard InChI is InChI=1S/C17H21NO3/c1-13(2)12-21-17-14(6-4-8-16(17)19-3)10-18-11-15-7-5-9-20-15/h4-9,18H,1,10-12H2,2-3H3. The largest absolute Gasteiger partial charge is 0.493 e. The van der Waals surface area contributed by atoms with E-state index in [2.05, 4.69) is 11.9 Å². The predicted molar refractivity (Wildman–Crippen MR) is 82.6 cm³/mol. The number of rotatable bonds is 8. The molecular weight excluding hydrogens is 266 g/mol. The first-order valence-corrected chi connectivity index (χ1v) is 6.87. The third-order valence-electron chi connectivity index (χ3n) is 2.94. The van der Waals surface area contributed by atoms with Crippen LogP contribution in [0.5, 0.6) is 11.5 Å². The summed E-state index contributed by atoms with van der Waals surface area (Å²) in [4.78, 5) is 0. The van der Waals surface area contributed by atoms with Gasteiger partial charge in [0.1, 0.15) is 12.4 Å². The van der Waals surface area contributed by atoms with E-state index in [1.54, 1.807) is 13.4 Å². The molecule has 0 amide bonds. The van der Waals surface area contributed by atoms with Gasteiger partial charge in [-0.3, -0.25) is 0 Å². The average Bonchev–Trinajstić information content (AvgIpc) is 2.98. The van der Waals surface area contributed by atoms with Gasteiger partial charge in [0.2, 0.25) is 0 Å². The van der Waals surface area contributed by atoms with Crippen molar-refractivity contribution >= 4 is 0 Å². The molecule has 2 aromatic rings. The van der Waals surface area contributed by atoms with Gasteiger partial charge in [0.15, 0.2) is 11.5 Å². The molecule has 0 aliphatic heterocycles. The van der Waals surface area contributed by atoms with Gasteiger partial charge in [-0.2, -0.15) is 0 Å². The zero-order valence-electron chi connectivity index (χ0n) is 12.5. The third kappa shape index (κ3) is 4.39. The summed E-state index contributed by atoms with van der Waals surface area (Å²) in [6, 6.07) is 9.69. The molecule has 0 atom stereocenters. The van der Waals surface area contributed by atoms with E-state index in [1.807, 2.05) is 37.3 Å². The number of nitrogens with one attached hydrogen (secondary N) is 1. The maximum Gasteiger partial charge on any atom is 0.166 e. The monoisotopic (exact) mass is 287 g/mol. The van der Waals surface area contributed by atoms with Crippen LogP contribution in [0.1, 0.15) is 18.2 Å².